The van der Waals surface area contributed by atoms with Gasteiger partial charge in [0.05, 0.1) is 18.0 Å². The lowest BCUT2D eigenvalue weighted by molar-refractivity contribution is -0.154. The van der Waals surface area contributed by atoms with Crippen molar-refractivity contribution < 1.29 is 19.4 Å². The zero-order valence-electron chi connectivity index (χ0n) is 11.8. The molecule has 1 fully saturated rings. The van der Waals surface area contributed by atoms with E-state index < -0.39 is 12.1 Å². The van der Waals surface area contributed by atoms with Gasteiger partial charge in [0.1, 0.15) is 0 Å². The molecule has 6 heteroatoms. The first kappa shape index (κ1) is 14.7. The molecule has 22 heavy (non-hydrogen) atoms. The fourth-order valence-electron chi connectivity index (χ4n) is 2.45. The number of ether oxygens (including phenoxy) is 1. The van der Waals surface area contributed by atoms with Crippen LogP contribution in [-0.2, 0) is 9.53 Å². The van der Waals surface area contributed by atoms with E-state index in [-0.39, 0.29) is 19.1 Å². The Hall–Kier alpha value is -2.18. The normalized spacial score (nSPS) is 18.2. The minimum atomic E-state index is -1.04. The highest BCUT2D eigenvalue weighted by Gasteiger charge is 2.30. The van der Waals surface area contributed by atoms with Crippen LogP contribution in [0.1, 0.15) is 9.67 Å². The van der Waals surface area contributed by atoms with Crippen LogP contribution >= 0.6 is 11.3 Å². The first-order chi connectivity index (χ1) is 10.7. The van der Waals surface area contributed by atoms with Crippen LogP contribution in [0.15, 0.2) is 41.8 Å². The van der Waals surface area contributed by atoms with Gasteiger partial charge in [-0.25, -0.2) is 4.79 Å². The molecule has 3 rings (SSSR count). The summed E-state index contributed by atoms with van der Waals surface area (Å²) in [6, 6.07) is 11.6. The van der Waals surface area contributed by atoms with Crippen LogP contribution in [0, 0.1) is 0 Å². The summed E-state index contributed by atoms with van der Waals surface area (Å²) in [4.78, 5) is 25.9. The number of carbonyl (C=O) groups is 2. The quantitative estimate of drug-likeness (QED) is 0.943. The van der Waals surface area contributed by atoms with Crippen molar-refractivity contribution in [2.75, 3.05) is 19.7 Å². The van der Waals surface area contributed by atoms with Crippen molar-refractivity contribution >= 4 is 23.2 Å². The predicted octanol–water partition coefficient (Wildman–Crippen LogP) is 2.34. The van der Waals surface area contributed by atoms with Crippen LogP contribution < -0.4 is 0 Å². The van der Waals surface area contributed by atoms with Gasteiger partial charge in [-0.1, -0.05) is 30.3 Å². The van der Waals surface area contributed by atoms with E-state index in [0.29, 0.717) is 11.4 Å². The molecule has 0 saturated carbocycles. The summed E-state index contributed by atoms with van der Waals surface area (Å²) in [5.74, 6) is -1.17. The molecule has 0 spiro atoms. The monoisotopic (exact) mass is 317 g/mol. The van der Waals surface area contributed by atoms with E-state index in [1.54, 1.807) is 4.90 Å². The number of hydrogen-bond donors (Lipinski definition) is 1. The van der Waals surface area contributed by atoms with Crippen molar-refractivity contribution in [3.8, 4) is 11.1 Å². The van der Waals surface area contributed by atoms with E-state index in [4.69, 9.17) is 9.84 Å². The molecule has 5 nitrogen and oxygen atoms in total. The fourth-order valence-corrected chi connectivity index (χ4v) is 3.33. The van der Waals surface area contributed by atoms with Gasteiger partial charge in [0.15, 0.2) is 6.10 Å². The highest BCUT2D eigenvalue weighted by molar-refractivity contribution is 7.12. The summed E-state index contributed by atoms with van der Waals surface area (Å²) in [6.45, 7) is 0.740. The molecule has 0 radical (unpaired) electrons. The summed E-state index contributed by atoms with van der Waals surface area (Å²) in [5.41, 5.74) is 1.86. The SMILES string of the molecule is O=C(O)[C@@H]1CN(C(=O)c2sccc2-c2ccccc2)CCO1. The van der Waals surface area contributed by atoms with E-state index in [1.165, 1.54) is 11.3 Å². The molecule has 1 atom stereocenters. The second-order valence-electron chi connectivity index (χ2n) is 4.98. The van der Waals surface area contributed by atoms with E-state index in [0.717, 1.165) is 11.1 Å². The van der Waals surface area contributed by atoms with Gasteiger partial charge in [-0.05, 0) is 17.0 Å². The number of carboxylic acids is 1. The lowest BCUT2D eigenvalue weighted by atomic mass is 10.1. The van der Waals surface area contributed by atoms with Crippen LogP contribution in [0.4, 0.5) is 0 Å². The molecule has 1 N–H and O–H groups in total. The van der Waals surface area contributed by atoms with Gasteiger partial charge in [-0.2, -0.15) is 0 Å². The second-order valence-corrected chi connectivity index (χ2v) is 5.89. The molecule has 1 aliphatic heterocycles. The van der Waals surface area contributed by atoms with Crippen molar-refractivity contribution in [2.45, 2.75) is 6.10 Å². The number of morpholine rings is 1. The van der Waals surface area contributed by atoms with Crippen molar-refractivity contribution in [3.05, 3.63) is 46.7 Å². The lowest BCUT2D eigenvalue weighted by Crippen LogP contribution is -2.48. The van der Waals surface area contributed by atoms with E-state index in [2.05, 4.69) is 0 Å². The number of carboxylic acid groups (broad SMARTS) is 1. The van der Waals surface area contributed by atoms with Gasteiger partial charge in [0, 0.05) is 12.1 Å². The number of benzene rings is 1. The Kier molecular flexibility index (Phi) is 4.22. The van der Waals surface area contributed by atoms with Crippen molar-refractivity contribution in [2.24, 2.45) is 0 Å². The van der Waals surface area contributed by atoms with Crippen molar-refractivity contribution in [1.82, 2.24) is 4.90 Å². The van der Waals surface area contributed by atoms with Gasteiger partial charge < -0.3 is 14.7 Å². The molecular formula is C16H15NO4S. The van der Waals surface area contributed by atoms with Crippen LogP contribution in [0.3, 0.4) is 0 Å². The van der Waals surface area contributed by atoms with Gasteiger partial charge in [0.2, 0.25) is 0 Å². The largest absolute Gasteiger partial charge is 0.479 e. The lowest BCUT2D eigenvalue weighted by Gasteiger charge is -2.30. The Morgan fingerprint density at radius 3 is 2.73 bits per heavy atom. The molecule has 1 aliphatic rings. The van der Waals surface area contributed by atoms with Gasteiger partial charge in [0.25, 0.3) is 5.91 Å². The molecule has 0 aliphatic carbocycles. The first-order valence-electron chi connectivity index (χ1n) is 6.93. The number of carbonyl (C=O) groups excluding carboxylic acids is 1. The highest BCUT2D eigenvalue weighted by atomic mass is 32.1. The Labute approximate surface area is 131 Å². The molecule has 1 saturated heterocycles. The van der Waals surface area contributed by atoms with Crippen LogP contribution in [0.25, 0.3) is 11.1 Å². The average Bonchev–Trinajstić information content (AvgIpc) is 3.04. The summed E-state index contributed by atoms with van der Waals surface area (Å²) in [6.07, 6.45) is -0.946. The standard InChI is InChI=1S/C16H15NO4S/c18-15(17-7-8-21-13(10-17)16(19)20)14-12(6-9-22-14)11-4-2-1-3-5-11/h1-6,9,13H,7-8,10H2,(H,19,20)/t13-/m0/s1. The maximum atomic E-state index is 12.7. The second kappa shape index (κ2) is 6.29. The zero-order chi connectivity index (χ0) is 15.5. The molecule has 2 heterocycles. The molecule has 2 aromatic rings. The third-order valence-electron chi connectivity index (χ3n) is 3.57. The number of amides is 1. The highest BCUT2D eigenvalue weighted by Crippen LogP contribution is 2.29. The van der Waals surface area contributed by atoms with E-state index >= 15 is 0 Å². The molecule has 0 unspecified atom stereocenters. The minimum Gasteiger partial charge on any atom is -0.479 e. The maximum absolute atomic E-state index is 12.7. The molecular weight excluding hydrogens is 302 g/mol. The third-order valence-corrected chi connectivity index (χ3v) is 4.48. The van der Waals surface area contributed by atoms with Crippen LogP contribution in [0.5, 0.6) is 0 Å². The Balaban J connectivity index is 1.84. The van der Waals surface area contributed by atoms with Gasteiger partial charge in [-0.15, -0.1) is 11.3 Å². The van der Waals surface area contributed by atoms with E-state index in [9.17, 15) is 9.59 Å². The van der Waals surface area contributed by atoms with E-state index in [1.807, 2.05) is 41.8 Å². The van der Waals surface area contributed by atoms with Gasteiger partial charge >= 0.3 is 5.97 Å². The smallest absolute Gasteiger partial charge is 0.334 e. The number of rotatable bonds is 3. The minimum absolute atomic E-state index is 0.0836. The Morgan fingerprint density at radius 2 is 2.00 bits per heavy atom. The molecule has 114 valence electrons. The predicted molar refractivity (Wildman–Crippen MR) is 83.0 cm³/mol. The summed E-state index contributed by atoms with van der Waals surface area (Å²) in [5, 5.41) is 10.9. The Bertz CT molecular complexity index is 682. The number of aliphatic carboxylic acids is 1. The average molecular weight is 317 g/mol. The van der Waals surface area contributed by atoms with Gasteiger partial charge in [-0.3, -0.25) is 4.79 Å². The summed E-state index contributed by atoms with van der Waals surface area (Å²) < 4.78 is 5.16. The zero-order valence-corrected chi connectivity index (χ0v) is 12.6. The summed E-state index contributed by atoms with van der Waals surface area (Å²) in [7, 11) is 0. The van der Waals surface area contributed by atoms with Crippen LogP contribution in [-0.4, -0.2) is 47.7 Å². The fraction of sp³-hybridized carbons (Fsp3) is 0.250. The third kappa shape index (κ3) is 2.88. The molecule has 1 amide bonds. The van der Waals surface area contributed by atoms with Crippen LogP contribution in [0.2, 0.25) is 0 Å². The van der Waals surface area contributed by atoms with Crippen molar-refractivity contribution in [1.29, 1.82) is 0 Å². The Morgan fingerprint density at radius 1 is 1.23 bits per heavy atom. The number of nitrogens with zero attached hydrogens (tertiary/aromatic N) is 1. The van der Waals surface area contributed by atoms with Crippen molar-refractivity contribution in [3.63, 3.8) is 0 Å². The maximum Gasteiger partial charge on any atom is 0.334 e. The number of hydrogen-bond acceptors (Lipinski definition) is 4. The molecule has 1 aromatic carbocycles. The summed E-state index contributed by atoms with van der Waals surface area (Å²) >= 11 is 1.38. The molecule has 0 bridgehead atoms. The number of thiophene rings is 1. The topological polar surface area (TPSA) is 66.8 Å². The molecule has 1 aromatic heterocycles. The first-order valence-corrected chi connectivity index (χ1v) is 7.81.